The van der Waals surface area contributed by atoms with Gasteiger partial charge in [0, 0.05) is 13.8 Å². The molecule has 1 fully saturated rings. The van der Waals surface area contributed by atoms with E-state index in [1.54, 1.807) is 10.9 Å². The van der Waals surface area contributed by atoms with Crippen LogP contribution >= 0.6 is 11.6 Å². The quantitative estimate of drug-likeness (QED) is 0.570. The largest absolute Gasteiger partial charge is 0.458 e. The maximum Gasteiger partial charge on any atom is 0.303 e. The summed E-state index contributed by atoms with van der Waals surface area (Å²) in [4.78, 5) is 35.4. The van der Waals surface area contributed by atoms with Crippen LogP contribution in [0.4, 0.5) is 0 Å². The van der Waals surface area contributed by atoms with E-state index in [9.17, 15) is 9.59 Å². The highest BCUT2D eigenvalue weighted by atomic mass is 35.5. The highest BCUT2D eigenvalue weighted by molar-refractivity contribution is 6.33. The van der Waals surface area contributed by atoms with Crippen LogP contribution in [0.25, 0.3) is 11.2 Å². The van der Waals surface area contributed by atoms with Crippen molar-refractivity contribution in [2.45, 2.75) is 51.9 Å². The Balaban J connectivity index is 1.89. The molecule has 1 aliphatic carbocycles. The summed E-state index contributed by atoms with van der Waals surface area (Å²) in [5.74, 6) is -0.644. The molecule has 3 rings (SSSR count). The van der Waals surface area contributed by atoms with Gasteiger partial charge in [-0.15, -0.1) is 0 Å². The minimum absolute atomic E-state index is 0.182. The highest BCUT2D eigenvalue weighted by Crippen LogP contribution is 2.34. The van der Waals surface area contributed by atoms with E-state index in [1.807, 2.05) is 0 Å². The van der Waals surface area contributed by atoms with Gasteiger partial charge in [0.1, 0.15) is 17.9 Å². The Morgan fingerprint density at radius 1 is 1.24 bits per heavy atom. The van der Waals surface area contributed by atoms with Crippen LogP contribution in [0.5, 0.6) is 0 Å². The molecule has 0 spiro atoms. The highest BCUT2D eigenvalue weighted by Gasteiger charge is 2.38. The molecule has 0 aromatic carbocycles. The molecule has 0 saturated heterocycles. The normalized spacial score (nSPS) is 16.9. The molecule has 0 radical (unpaired) electrons. The smallest absolute Gasteiger partial charge is 0.303 e. The van der Waals surface area contributed by atoms with Crippen molar-refractivity contribution >= 4 is 34.7 Å². The molecule has 0 bridgehead atoms. The number of halogens is 1. The summed E-state index contributed by atoms with van der Waals surface area (Å²) in [5.41, 5.74) is 1.01. The van der Waals surface area contributed by atoms with Gasteiger partial charge in [-0.05, 0) is 18.8 Å². The van der Waals surface area contributed by atoms with Crippen molar-refractivity contribution in [3.8, 4) is 0 Å². The number of fused-ring (bicyclic) bond motifs is 1. The van der Waals surface area contributed by atoms with E-state index >= 15 is 0 Å². The van der Waals surface area contributed by atoms with Gasteiger partial charge >= 0.3 is 11.9 Å². The number of imidazole rings is 1. The zero-order valence-corrected chi connectivity index (χ0v) is 14.8. The second kappa shape index (κ2) is 7.35. The number of carbonyl (C=O) groups excluding carboxylic acids is 2. The summed E-state index contributed by atoms with van der Waals surface area (Å²) < 4.78 is 12.7. The Labute approximate surface area is 149 Å². The fourth-order valence-corrected chi connectivity index (χ4v) is 3.21. The van der Waals surface area contributed by atoms with Gasteiger partial charge < -0.3 is 14.0 Å². The number of aromatic nitrogens is 4. The Kier molecular flexibility index (Phi) is 5.17. The van der Waals surface area contributed by atoms with E-state index in [4.69, 9.17) is 21.1 Å². The summed E-state index contributed by atoms with van der Waals surface area (Å²) in [5, 5.41) is 0.253. The lowest BCUT2D eigenvalue weighted by Crippen LogP contribution is -2.44. The van der Waals surface area contributed by atoms with Crippen LogP contribution < -0.4 is 0 Å². The van der Waals surface area contributed by atoms with E-state index < -0.39 is 24.1 Å². The molecular formula is C16H19ClN4O4. The fraction of sp³-hybridized carbons (Fsp3) is 0.562. The van der Waals surface area contributed by atoms with Crippen molar-refractivity contribution in [3.63, 3.8) is 0 Å². The van der Waals surface area contributed by atoms with Gasteiger partial charge in [-0.1, -0.05) is 18.0 Å². The molecule has 2 atom stereocenters. The van der Waals surface area contributed by atoms with E-state index in [-0.39, 0.29) is 17.6 Å². The summed E-state index contributed by atoms with van der Waals surface area (Å²) >= 11 is 6.02. The van der Waals surface area contributed by atoms with Crippen molar-refractivity contribution in [1.82, 2.24) is 19.5 Å². The molecule has 8 nitrogen and oxygen atoms in total. The zero-order valence-electron chi connectivity index (χ0n) is 14.0. The molecule has 9 heteroatoms. The third-order valence-electron chi connectivity index (χ3n) is 4.33. The molecule has 2 aromatic heterocycles. The Morgan fingerprint density at radius 2 is 1.96 bits per heavy atom. The second-order valence-corrected chi connectivity index (χ2v) is 6.50. The van der Waals surface area contributed by atoms with E-state index in [1.165, 1.54) is 20.2 Å². The van der Waals surface area contributed by atoms with Gasteiger partial charge in [0.2, 0.25) is 0 Å². The van der Waals surface area contributed by atoms with Gasteiger partial charge in [0.15, 0.2) is 16.9 Å². The number of esters is 2. The SMILES string of the molecule is CC(=O)OC(C1CCC1)[C@@H](Cn1cnc2c(Cl)ncnc21)OC(C)=O. The van der Waals surface area contributed by atoms with Crippen LogP contribution in [-0.4, -0.2) is 43.7 Å². The van der Waals surface area contributed by atoms with Gasteiger partial charge in [0.05, 0.1) is 12.9 Å². The minimum atomic E-state index is -0.627. The fourth-order valence-electron chi connectivity index (χ4n) is 3.04. The average molecular weight is 367 g/mol. The summed E-state index contributed by atoms with van der Waals surface area (Å²) in [6, 6.07) is 0. The zero-order chi connectivity index (χ0) is 18.0. The first-order valence-electron chi connectivity index (χ1n) is 8.11. The maximum absolute atomic E-state index is 11.6. The summed E-state index contributed by atoms with van der Waals surface area (Å²) in [6.07, 6.45) is 4.74. The van der Waals surface area contributed by atoms with E-state index in [0.29, 0.717) is 11.2 Å². The topological polar surface area (TPSA) is 96.2 Å². The maximum atomic E-state index is 11.6. The lowest BCUT2D eigenvalue weighted by molar-refractivity contribution is -0.174. The minimum Gasteiger partial charge on any atom is -0.458 e. The molecule has 2 aromatic rings. The van der Waals surface area contributed by atoms with Crippen LogP contribution in [0.15, 0.2) is 12.7 Å². The second-order valence-electron chi connectivity index (χ2n) is 6.15. The van der Waals surface area contributed by atoms with Gasteiger partial charge in [-0.2, -0.15) is 0 Å². The van der Waals surface area contributed by atoms with Crippen LogP contribution in [-0.2, 0) is 25.6 Å². The molecular weight excluding hydrogens is 348 g/mol. The monoisotopic (exact) mass is 366 g/mol. The van der Waals surface area contributed by atoms with Gasteiger partial charge in [-0.25, -0.2) is 15.0 Å². The Morgan fingerprint density at radius 3 is 2.56 bits per heavy atom. The number of nitrogens with zero attached hydrogens (tertiary/aromatic N) is 4. The molecule has 25 heavy (non-hydrogen) atoms. The summed E-state index contributed by atoms with van der Waals surface area (Å²) in [6.45, 7) is 2.96. The molecule has 1 unspecified atom stereocenters. The Bertz CT molecular complexity index is 790. The molecule has 2 heterocycles. The molecule has 0 amide bonds. The molecule has 134 valence electrons. The first-order valence-corrected chi connectivity index (χ1v) is 8.49. The lowest BCUT2D eigenvalue weighted by atomic mass is 9.79. The van der Waals surface area contributed by atoms with Crippen LogP contribution in [0, 0.1) is 5.92 Å². The van der Waals surface area contributed by atoms with Crippen molar-refractivity contribution in [2.24, 2.45) is 5.92 Å². The van der Waals surface area contributed by atoms with E-state index in [0.717, 1.165) is 19.3 Å². The van der Waals surface area contributed by atoms with Crippen LogP contribution in [0.1, 0.15) is 33.1 Å². The predicted octanol–water partition coefficient (Wildman–Crippen LogP) is 2.14. The molecule has 1 aliphatic rings. The Hall–Kier alpha value is -2.22. The lowest BCUT2D eigenvalue weighted by Gasteiger charge is -2.37. The van der Waals surface area contributed by atoms with E-state index in [2.05, 4.69) is 15.0 Å². The number of rotatable bonds is 6. The molecule has 0 N–H and O–H groups in total. The number of hydrogen-bond donors (Lipinski definition) is 0. The van der Waals surface area contributed by atoms with Crippen molar-refractivity contribution in [2.75, 3.05) is 0 Å². The number of carbonyl (C=O) groups is 2. The third-order valence-corrected chi connectivity index (χ3v) is 4.61. The average Bonchev–Trinajstić information content (AvgIpc) is 2.88. The number of ether oxygens (including phenoxy) is 2. The van der Waals surface area contributed by atoms with Crippen LogP contribution in [0.2, 0.25) is 5.15 Å². The third kappa shape index (κ3) is 3.89. The van der Waals surface area contributed by atoms with Crippen molar-refractivity contribution in [3.05, 3.63) is 17.8 Å². The van der Waals surface area contributed by atoms with Crippen molar-refractivity contribution in [1.29, 1.82) is 0 Å². The predicted molar refractivity (Wildman–Crippen MR) is 88.8 cm³/mol. The first-order chi connectivity index (χ1) is 12.0. The standard InChI is InChI=1S/C16H19ClN4O4/c1-9(22)24-12(14(25-10(2)23)11-4-3-5-11)6-21-8-20-13-15(17)18-7-19-16(13)21/h7-8,11-12,14H,3-6H2,1-2H3/t12-,14?/m1/s1. The first kappa shape index (κ1) is 17.6. The van der Waals surface area contributed by atoms with Crippen LogP contribution in [0.3, 0.4) is 0 Å². The van der Waals surface area contributed by atoms with Gasteiger partial charge in [0.25, 0.3) is 0 Å². The molecule has 0 aliphatic heterocycles. The summed E-state index contributed by atoms with van der Waals surface area (Å²) in [7, 11) is 0. The van der Waals surface area contributed by atoms with Gasteiger partial charge in [-0.3, -0.25) is 9.59 Å². The van der Waals surface area contributed by atoms with Crippen molar-refractivity contribution < 1.29 is 19.1 Å². The molecule has 1 saturated carbocycles. The number of hydrogen-bond acceptors (Lipinski definition) is 7.